The monoisotopic (exact) mass is 365 g/mol. The molecule has 124 valence electrons. The molecule has 3 aromatic rings. The van der Waals surface area contributed by atoms with Gasteiger partial charge in [-0.1, -0.05) is 11.6 Å². The molecule has 0 fully saturated rings. The van der Waals surface area contributed by atoms with Crippen LogP contribution in [0, 0.1) is 0 Å². The maximum Gasteiger partial charge on any atom is 0.343 e. The van der Waals surface area contributed by atoms with E-state index >= 15 is 0 Å². The highest BCUT2D eigenvalue weighted by molar-refractivity contribution is 7.12. The fraction of sp³-hybridized carbons (Fsp3) is 0.200. The summed E-state index contributed by atoms with van der Waals surface area (Å²) in [5.74, 6) is -0.488. The van der Waals surface area contributed by atoms with Gasteiger partial charge in [-0.05, 0) is 6.92 Å². The van der Waals surface area contributed by atoms with E-state index in [-0.39, 0.29) is 34.1 Å². The molecule has 24 heavy (non-hydrogen) atoms. The Bertz CT molecular complexity index is 969. The summed E-state index contributed by atoms with van der Waals surface area (Å²) in [4.78, 5) is 33.3. The number of aromatic nitrogens is 3. The van der Waals surface area contributed by atoms with E-state index < -0.39 is 11.4 Å². The smallest absolute Gasteiger partial charge is 0.343 e. The van der Waals surface area contributed by atoms with E-state index in [0.29, 0.717) is 5.13 Å². The van der Waals surface area contributed by atoms with Crippen LogP contribution in [0.1, 0.15) is 17.3 Å². The Morgan fingerprint density at radius 3 is 2.88 bits per heavy atom. The number of nitrogens with zero attached hydrogens (tertiary/aromatic N) is 3. The quantitative estimate of drug-likeness (QED) is 0.522. The zero-order valence-electron chi connectivity index (χ0n) is 12.8. The maximum atomic E-state index is 12.8. The standard InChI is InChI=1S/C15H12ClN3O4S/c1-3-23-14(21)8-7-19(15-17-4-5-24-15)13-11(12(8)20)9(22-2)6-10(16)18-13/h4-7H,3H2,1-2H3. The zero-order chi connectivity index (χ0) is 17.3. The van der Waals surface area contributed by atoms with E-state index in [2.05, 4.69) is 9.97 Å². The number of carbonyl (C=O) groups is 1. The van der Waals surface area contributed by atoms with E-state index in [1.165, 1.54) is 35.3 Å². The molecule has 0 atom stereocenters. The zero-order valence-corrected chi connectivity index (χ0v) is 14.3. The molecule has 0 amide bonds. The molecule has 0 aliphatic rings. The average Bonchev–Trinajstić information content (AvgIpc) is 3.08. The minimum absolute atomic E-state index is 0.123. The van der Waals surface area contributed by atoms with Crippen molar-refractivity contribution in [3.05, 3.63) is 44.8 Å². The first-order chi connectivity index (χ1) is 11.6. The van der Waals surface area contributed by atoms with Crippen molar-refractivity contribution in [3.63, 3.8) is 0 Å². The summed E-state index contributed by atoms with van der Waals surface area (Å²) in [6.07, 6.45) is 2.97. The Morgan fingerprint density at radius 2 is 2.25 bits per heavy atom. The first-order valence-electron chi connectivity index (χ1n) is 6.93. The summed E-state index contributed by atoms with van der Waals surface area (Å²) >= 11 is 7.35. The first kappa shape index (κ1) is 16.4. The summed E-state index contributed by atoms with van der Waals surface area (Å²) in [5.41, 5.74) is -0.397. The van der Waals surface area contributed by atoms with Gasteiger partial charge in [0.05, 0.1) is 13.7 Å². The lowest BCUT2D eigenvalue weighted by molar-refractivity contribution is 0.0524. The number of methoxy groups -OCH3 is 1. The fourth-order valence-electron chi connectivity index (χ4n) is 2.25. The average molecular weight is 366 g/mol. The van der Waals surface area contributed by atoms with E-state index in [1.54, 1.807) is 18.5 Å². The molecule has 3 aromatic heterocycles. The van der Waals surface area contributed by atoms with E-state index in [4.69, 9.17) is 21.1 Å². The molecule has 0 radical (unpaired) electrons. The molecule has 0 spiro atoms. The largest absolute Gasteiger partial charge is 0.496 e. The minimum atomic E-state index is -0.716. The van der Waals surface area contributed by atoms with Crippen molar-refractivity contribution in [2.75, 3.05) is 13.7 Å². The van der Waals surface area contributed by atoms with Crippen LogP contribution in [0.3, 0.4) is 0 Å². The first-order valence-corrected chi connectivity index (χ1v) is 8.19. The molecule has 3 heterocycles. The fourth-order valence-corrected chi connectivity index (χ4v) is 3.04. The molecular formula is C15H12ClN3O4S. The van der Waals surface area contributed by atoms with Crippen LogP contribution in [0.25, 0.3) is 16.2 Å². The van der Waals surface area contributed by atoms with Crippen molar-refractivity contribution >= 4 is 39.9 Å². The molecule has 0 aliphatic carbocycles. The molecule has 0 N–H and O–H groups in total. The second kappa shape index (κ2) is 6.58. The van der Waals surface area contributed by atoms with Crippen LogP contribution in [0.5, 0.6) is 5.75 Å². The highest BCUT2D eigenvalue weighted by Crippen LogP contribution is 2.27. The number of rotatable bonds is 4. The topological polar surface area (TPSA) is 83.3 Å². The van der Waals surface area contributed by atoms with Gasteiger partial charge in [-0.2, -0.15) is 0 Å². The van der Waals surface area contributed by atoms with Gasteiger partial charge < -0.3 is 9.47 Å². The van der Waals surface area contributed by atoms with Crippen LogP contribution in [-0.4, -0.2) is 34.2 Å². The lowest BCUT2D eigenvalue weighted by atomic mass is 10.2. The molecule has 0 saturated heterocycles. The highest BCUT2D eigenvalue weighted by Gasteiger charge is 2.22. The van der Waals surface area contributed by atoms with Crippen molar-refractivity contribution in [3.8, 4) is 10.9 Å². The highest BCUT2D eigenvalue weighted by atomic mass is 35.5. The number of ether oxygens (including phenoxy) is 2. The second-order valence-electron chi connectivity index (χ2n) is 4.62. The third kappa shape index (κ3) is 2.74. The van der Waals surface area contributed by atoms with Gasteiger partial charge in [0.2, 0.25) is 5.43 Å². The number of hydrogen-bond donors (Lipinski definition) is 0. The van der Waals surface area contributed by atoms with Gasteiger partial charge in [0.1, 0.15) is 21.9 Å². The normalized spacial score (nSPS) is 10.8. The maximum absolute atomic E-state index is 12.8. The Kier molecular flexibility index (Phi) is 4.50. The molecule has 9 heteroatoms. The van der Waals surface area contributed by atoms with Crippen molar-refractivity contribution in [1.29, 1.82) is 0 Å². The molecule has 0 bridgehead atoms. The van der Waals surface area contributed by atoms with E-state index in [1.807, 2.05) is 0 Å². The Labute approximate surface area is 145 Å². The lowest BCUT2D eigenvalue weighted by Crippen LogP contribution is -2.21. The summed E-state index contributed by atoms with van der Waals surface area (Å²) in [6, 6.07) is 1.42. The van der Waals surface area contributed by atoms with Crippen molar-refractivity contribution in [1.82, 2.24) is 14.5 Å². The number of carbonyl (C=O) groups excluding carboxylic acids is 1. The number of esters is 1. The minimum Gasteiger partial charge on any atom is -0.496 e. The number of hydrogen-bond acceptors (Lipinski definition) is 7. The van der Waals surface area contributed by atoms with Gasteiger partial charge in [-0.15, -0.1) is 11.3 Å². The molecule has 0 saturated carbocycles. The van der Waals surface area contributed by atoms with Gasteiger partial charge in [0, 0.05) is 23.8 Å². The van der Waals surface area contributed by atoms with E-state index in [9.17, 15) is 9.59 Å². The van der Waals surface area contributed by atoms with Crippen LogP contribution in [-0.2, 0) is 4.74 Å². The summed E-state index contributed by atoms with van der Waals surface area (Å²) in [6.45, 7) is 1.82. The molecule has 0 aromatic carbocycles. The van der Waals surface area contributed by atoms with Crippen LogP contribution in [0.4, 0.5) is 0 Å². The number of pyridine rings is 2. The molecule has 0 unspecified atom stereocenters. The third-order valence-electron chi connectivity index (χ3n) is 3.23. The lowest BCUT2D eigenvalue weighted by Gasteiger charge is -2.12. The van der Waals surface area contributed by atoms with Gasteiger partial charge in [0.25, 0.3) is 0 Å². The SMILES string of the molecule is CCOC(=O)c1cn(-c2nccs2)c2nc(Cl)cc(OC)c2c1=O. The van der Waals surface area contributed by atoms with Crippen LogP contribution in [0.2, 0.25) is 5.15 Å². The Hall–Kier alpha value is -2.45. The number of fused-ring (bicyclic) bond motifs is 1. The predicted octanol–water partition coefficient (Wildman–Crippen LogP) is 2.68. The van der Waals surface area contributed by atoms with Gasteiger partial charge in [0.15, 0.2) is 10.8 Å². The summed E-state index contributed by atoms with van der Waals surface area (Å²) < 4.78 is 11.7. The van der Waals surface area contributed by atoms with Crippen LogP contribution in [0.15, 0.2) is 28.6 Å². The number of thiazole rings is 1. The summed E-state index contributed by atoms with van der Waals surface area (Å²) in [7, 11) is 1.41. The predicted molar refractivity (Wildman–Crippen MR) is 90.5 cm³/mol. The Morgan fingerprint density at radius 1 is 1.46 bits per heavy atom. The van der Waals surface area contributed by atoms with Crippen LogP contribution >= 0.6 is 22.9 Å². The number of halogens is 1. The van der Waals surface area contributed by atoms with Gasteiger partial charge in [-0.25, -0.2) is 14.8 Å². The molecule has 0 aliphatic heterocycles. The van der Waals surface area contributed by atoms with Gasteiger partial charge >= 0.3 is 5.97 Å². The second-order valence-corrected chi connectivity index (χ2v) is 5.88. The molecule has 3 rings (SSSR count). The van der Waals surface area contributed by atoms with Crippen molar-refractivity contribution in [2.45, 2.75) is 6.92 Å². The third-order valence-corrected chi connectivity index (χ3v) is 4.20. The molecular weight excluding hydrogens is 354 g/mol. The van der Waals surface area contributed by atoms with Crippen LogP contribution < -0.4 is 10.2 Å². The Balaban J connectivity index is 2.44. The van der Waals surface area contributed by atoms with Crippen molar-refractivity contribution < 1.29 is 14.3 Å². The van der Waals surface area contributed by atoms with E-state index in [0.717, 1.165) is 0 Å². The molecule has 7 nitrogen and oxygen atoms in total. The van der Waals surface area contributed by atoms with Gasteiger partial charge in [-0.3, -0.25) is 9.36 Å². The van der Waals surface area contributed by atoms with Crippen molar-refractivity contribution in [2.24, 2.45) is 0 Å². The summed E-state index contributed by atoms with van der Waals surface area (Å²) in [5, 5.41) is 2.60.